The summed E-state index contributed by atoms with van der Waals surface area (Å²) in [6, 6.07) is 32.8. The van der Waals surface area contributed by atoms with Crippen LogP contribution in [0, 0.1) is 11.3 Å². The molecule has 0 saturated heterocycles. The van der Waals surface area contributed by atoms with Gasteiger partial charge in [0.15, 0.2) is 0 Å². The summed E-state index contributed by atoms with van der Waals surface area (Å²) in [6.07, 6.45) is 1.56. The quantitative estimate of drug-likeness (QED) is 0.255. The Kier molecular flexibility index (Phi) is 5.63. The molecule has 4 nitrogen and oxygen atoms in total. The van der Waals surface area contributed by atoms with E-state index in [1.165, 1.54) is 0 Å². The summed E-state index contributed by atoms with van der Waals surface area (Å²) in [5.74, 6) is 2.08. The number of furan rings is 2. The molecule has 0 unspecified atom stereocenters. The highest BCUT2D eigenvalue weighted by Crippen LogP contribution is 2.42. The Morgan fingerprint density at radius 3 is 2.06 bits per heavy atom. The molecule has 0 aliphatic heterocycles. The van der Waals surface area contributed by atoms with Crippen LogP contribution in [0.15, 0.2) is 111 Å². The Hall–Kier alpha value is -4.33. The lowest BCUT2D eigenvalue weighted by Crippen LogP contribution is -1.83. The van der Waals surface area contributed by atoms with Crippen molar-refractivity contribution >= 4 is 23.7 Å². The molecular formula is C28H17ClN2O2. The summed E-state index contributed by atoms with van der Waals surface area (Å²) in [6.45, 7) is 0. The minimum Gasteiger partial charge on any atom is -0.455 e. The highest BCUT2D eigenvalue weighted by Gasteiger charge is 2.22. The highest BCUT2D eigenvalue weighted by molar-refractivity contribution is 6.30. The highest BCUT2D eigenvalue weighted by atomic mass is 35.5. The monoisotopic (exact) mass is 448 g/mol. The van der Waals surface area contributed by atoms with Crippen LogP contribution in [-0.4, -0.2) is 6.21 Å². The zero-order valence-electron chi connectivity index (χ0n) is 17.4. The molecule has 0 aliphatic carbocycles. The van der Waals surface area contributed by atoms with E-state index in [0.29, 0.717) is 27.9 Å². The SMILES string of the molecule is N#Cc1c(N=Cc2ccc(-c3ccc(Cl)cc3)o2)oc(-c2ccccc2)c1-c1ccccc1. The summed E-state index contributed by atoms with van der Waals surface area (Å²) in [5, 5.41) is 10.6. The molecule has 158 valence electrons. The topological polar surface area (TPSA) is 62.4 Å². The smallest absolute Gasteiger partial charge is 0.238 e. The van der Waals surface area contributed by atoms with Crippen molar-refractivity contribution in [2.75, 3.05) is 0 Å². The summed E-state index contributed by atoms with van der Waals surface area (Å²) >= 11 is 5.97. The van der Waals surface area contributed by atoms with Gasteiger partial charge in [0, 0.05) is 21.7 Å². The van der Waals surface area contributed by atoms with E-state index in [1.54, 1.807) is 6.21 Å². The van der Waals surface area contributed by atoms with E-state index in [1.807, 2.05) is 97.1 Å². The van der Waals surface area contributed by atoms with Gasteiger partial charge < -0.3 is 8.83 Å². The number of aliphatic imine (C=N–C) groups is 1. The van der Waals surface area contributed by atoms with Gasteiger partial charge in [-0.3, -0.25) is 0 Å². The largest absolute Gasteiger partial charge is 0.455 e. The Bertz CT molecular complexity index is 1460. The van der Waals surface area contributed by atoms with Gasteiger partial charge in [-0.05, 0) is 42.0 Å². The Morgan fingerprint density at radius 1 is 0.727 bits per heavy atom. The first kappa shape index (κ1) is 20.6. The summed E-state index contributed by atoms with van der Waals surface area (Å²) < 4.78 is 12.0. The van der Waals surface area contributed by atoms with Crippen LogP contribution in [0.4, 0.5) is 5.88 Å². The fourth-order valence-electron chi connectivity index (χ4n) is 3.60. The lowest BCUT2D eigenvalue weighted by atomic mass is 9.98. The molecule has 5 rings (SSSR count). The summed E-state index contributed by atoms with van der Waals surface area (Å²) in [4.78, 5) is 4.47. The molecule has 0 saturated carbocycles. The first-order valence-corrected chi connectivity index (χ1v) is 10.7. The van der Waals surface area contributed by atoms with Gasteiger partial charge in [-0.25, -0.2) is 4.99 Å². The molecule has 0 spiro atoms. The normalized spacial score (nSPS) is 11.0. The van der Waals surface area contributed by atoms with Crippen LogP contribution in [0.2, 0.25) is 5.02 Å². The van der Waals surface area contributed by atoms with Crippen LogP contribution in [-0.2, 0) is 0 Å². The van der Waals surface area contributed by atoms with E-state index in [9.17, 15) is 5.26 Å². The van der Waals surface area contributed by atoms with Gasteiger partial charge in [0.05, 0.1) is 6.21 Å². The average Bonchev–Trinajstić information content (AvgIpc) is 3.49. The van der Waals surface area contributed by atoms with Crippen molar-refractivity contribution in [2.45, 2.75) is 0 Å². The Balaban J connectivity index is 1.55. The number of hydrogen-bond acceptors (Lipinski definition) is 4. The number of hydrogen-bond donors (Lipinski definition) is 0. The number of benzene rings is 3. The molecule has 0 atom stereocenters. The molecular weight excluding hydrogens is 432 g/mol. The fourth-order valence-corrected chi connectivity index (χ4v) is 3.73. The van der Waals surface area contributed by atoms with Crippen LogP contribution < -0.4 is 0 Å². The predicted molar refractivity (Wildman–Crippen MR) is 131 cm³/mol. The Morgan fingerprint density at radius 2 is 1.39 bits per heavy atom. The van der Waals surface area contributed by atoms with Crippen LogP contribution in [0.3, 0.4) is 0 Å². The minimum absolute atomic E-state index is 0.236. The Labute approximate surface area is 196 Å². The third-order valence-electron chi connectivity index (χ3n) is 5.16. The molecule has 33 heavy (non-hydrogen) atoms. The molecule has 0 amide bonds. The molecule has 5 heteroatoms. The van der Waals surface area contributed by atoms with Crippen LogP contribution in [0.5, 0.6) is 0 Å². The average molecular weight is 449 g/mol. The lowest BCUT2D eigenvalue weighted by molar-refractivity contribution is 0.572. The molecule has 0 bridgehead atoms. The number of nitriles is 1. The van der Waals surface area contributed by atoms with E-state index in [0.717, 1.165) is 22.3 Å². The second-order valence-corrected chi connectivity index (χ2v) is 7.73. The van der Waals surface area contributed by atoms with Crippen LogP contribution in [0.25, 0.3) is 33.8 Å². The van der Waals surface area contributed by atoms with Crippen LogP contribution >= 0.6 is 11.6 Å². The molecule has 5 aromatic rings. The lowest BCUT2D eigenvalue weighted by Gasteiger charge is -2.03. The number of nitrogens with zero attached hydrogens (tertiary/aromatic N) is 2. The standard InChI is InChI=1S/C28H17ClN2O2/c29-22-13-11-19(12-14-22)25-16-15-23(32-25)18-31-28-24(17-30)26(20-7-3-1-4-8-20)27(33-28)21-9-5-2-6-10-21/h1-16,18H. The molecule has 0 fully saturated rings. The second-order valence-electron chi connectivity index (χ2n) is 7.30. The van der Waals surface area contributed by atoms with Crippen molar-refractivity contribution in [1.29, 1.82) is 5.26 Å². The first-order chi connectivity index (χ1) is 16.2. The maximum Gasteiger partial charge on any atom is 0.238 e. The van der Waals surface area contributed by atoms with Gasteiger partial charge in [0.1, 0.15) is 28.9 Å². The van der Waals surface area contributed by atoms with Crippen molar-refractivity contribution < 1.29 is 8.83 Å². The maximum atomic E-state index is 9.98. The third-order valence-corrected chi connectivity index (χ3v) is 5.42. The fraction of sp³-hybridized carbons (Fsp3) is 0. The second kappa shape index (κ2) is 9.04. The van der Waals surface area contributed by atoms with Crippen molar-refractivity contribution in [3.05, 3.63) is 113 Å². The molecule has 2 aromatic heterocycles. The van der Waals surface area contributed by atoms with E-state index < -0.39 is 0 Å². The van der Waals surface area contributed by atoms with Crippen molar-refractivity contribution in [2.24, 2.45) is 4.99 Å². The zero-order valence-corrected chi connectivity index (χ0v) is 18.2. The van der Waals surface area contributed by atoms with Gasteiger partial charge in [-0.15, -0.1) is 0 Å². The van der Waals surface area contributed by atoms with E-state index in [4.69, 9.17) is 20.4 Å². The molecule has 0 radical (unpaired) electrons. The van der Waals surface area contributed by atoms with Gasteiger partial charge in [0.2, 0.25) is 5.88 Å². The maximum absolute atomic E-state index is 9.98. The van der Waals surface area contributed by atoms with E-state index in [2.05, 4.69) is 11.1 Å². The van der Waals surface area contributed by atoms with Gasteiger partial charge in [-0.1, -0.05) is 72.3 Å². The molecule has 0 aliphatic rings. The molecule has 3 aromatic carbocycles. The molecule has 2 heterocycles. The van der Waals surface area contributed by atoms with E-state index in [-0.39, 0.29) is 5.88 Å². The third kappa shape index (κ3) is 4.23. The van der Waals surface area contributed by atoms with Gasteiger partial charge in [-0.2, -0.15) is 5.26 Å². The predicted octanol–water partition coefficient (Wildman–Crippen LogP) is 8.15. The zero-order chi connectivity index (χ0) is 22.6. The molecule has 0 N–H and O–H groups in total. The van der Waals surface area contributed by atoms with Gasteiger partial charge in [0.25, 0.3) is 0 Å². The van der Waals surface area contributed by atoms with Crippen molar-refractivity contribution in [3.8, 4) is 39.8 Å². The van der Waals surface area contributed by atoms with Crippen LogP contribution in [0.1, 0.15) is 11.3 Å². The van der Waals surface area contributed by atoms with Crippen molar-refractivity contribution in [1.82, 2.24) is 0 Å². The van der Waals surface area contributed by atoms with Crippen molar-refractivity contribution in [3.63, 3.8) is 0 Å². The summed E-state index contributed by atoms with van der Waals surface area (Å²) in [7, 11) is 0. The number of rotatable bonds is 5. The minimum atomic E-state index is 0.236. The van der Waals surface area contributed by atoms with E-state index >= 15 is 0 Å². The summed E-state index contributed by atoms with van der Waals surface area (Å²) in [5.41, 5.74) is 3.77. The first-order valence-electron chi connectivity index (χ1n) is 10.3. The number of halogens is 1. The van der Waals surface area contributed by atoms with Gasteiger partial charge >= 0.3 is 0 Å².